The summed E-state index contributed by atoms with van der Waals surface area (Å²) in [6.45, 7) is 11.2. The number of fused-ring (bicyclic) bond motifs is 1. The highest BCUT2D eigenvalue weighted by atomic mass is 32.2. The van der Waals surface area contributed by atoms with Crippen molar-refractivity contribution in [2.24, 2.45) is 5.41 Å². The third kappa shape index (κ3) is 7.20. The summed E-state index contributed by atoms with van der Waals surface area (Å²) in [6, 6.07) is 16.8. The Hall–Kier alpha value is -4.24. The molecule has 7 nitrogen and oxygen atoms in total. The Labute approximate surface area is 267 Å². The zero-order chi connectivity index (χ0) is 32.2. The third-order valence-electron chi connectivity index (χ3n) is 8.14. The number of thioether (sulfide) groups is 1. The summed E-state index contributed by atoms with van der Waals surface area (Å²) < 4.78 is 22.7. The number of halogens is 1. The maximum Gasteiger partial charge on any atom is 0.310 e. The minimum absolute atomic E-state index is 0.136. The van der Waals surface area contributed by atoms with E-state index in [2.05, 4.69) is 46.4 Å². The zero-order valence-corrected chi connectivity index (χ0v) is 27.2. The van der Waals surface area contributed by atoms with E-state index in [1.54, 1.807) is 42.6 Å². The van der Waals surface area contributed by atoms with E-state index in [9.17, 15) is 14.3 Å². The number of aliphatic carboxylic acids is 1. The van der Waals surface area contributed by atoms with Crippen LogP contribution in [-0.2, 0) is 24.4 Å². The van der Waals surface area contributed by atoms with E-state index in [0.29, 0.717) is 42.8 Å². The molecule has 234 valence electrons. The molecule has 0 amide bonds. The first-order chi connectivity index (χ1) is 21.5. The number of hydrogen-bond donors (Lipinski definition) is 1. The fraction of sp³-hybridized carbons (Fsp3) is 0.333. The minimum Gasteiger partial charge on any atom is -0.487 e. The van der Waals surface area contributed by atoms with E-state index < -0.39 is 11.4 Å². The number of carboxylic acids is 1. The molecule has 0 aliphatic rings. The van der Waals surface area contributed by atoms with Crippen molar-refractivity contribution in [3.8, 4) is 17.0 Å². The van der Waals surface area contributed by atoms with Gasteiger partial charge in [0, 0.05) is 63.4 Å². The Morgan fingerprint density at radius 3 is 2.38 bits per heavy atom. The van der Waals surface area contributed by atoms with Crippen molar-refractivity contribution in [3.63, 3.8) is 0 Å². The lowest BCUT2D eigenvalue weighted by molar-refractivity contribution is -0.149. The molecule has 45 heavy (non-hydrogen) atoms. The standard InChI is InChI=1S/C36H39FN4O3S/c1-6-36(7-2,34(42)43)20-31-33(45-35(3,4)5)28-19-27(44-23-26-21-38-17-18-39-26)14-15-30(28)41(31)22-24-10-12-25(13-11-24)32-29(37)9-8-16-40-32/h8-19,21H,6-7,20,22-23H2,1-5H3,(H,42,43). The molecule has 3 aromatic heterocycles. The normalized spacial score (nSPS) is 12.0. The molecule has 0 unspecified atom stereocenters. The van der Waals surface area contributed by atoms with Crippen LogP contribution in [0.4, 0.5) is 4.39 Å². The quantitative estimate of drug-likeness (QED) is 0.139. The van der Waals surface area contributed by atoms with Crippen molar-refractivity contribution in [2.45, 2.75) is 76.7 Å². The van der Waals surface area contributed by atoms with Gasteiger partial charge in [-0.2, -0.15) is 0 Å². The Bertz CT molecular complexity index is 1780. The van der Waals surface area contributed by atoms with Crippen molar-refractivity contribution in [1.82, 2.24) is 19.5 Å². The number of ether oxygens (including phenoxy) is 1. The van der Waals surface area contributed by atoms with Crippen molar-refractivity contribution in [3.05, 3.63) is 102 Å². The number of nitrogens with zero attached hydrogens (tertiary/aromatic N) is 4. The highest BCUT2D eigenvalue weighted by Gasteiger charge is 2.38. The molecule has 0 radical (unpaired) electrons. The smallest absolute Gasteiger partial charge is 0.310 e. The van der Waals surface area contributed by atoms with Gasteiger partial charge in [-0.1, -0.05) is 58.9 Å². The number of hydrogen-bond acceptors (Lipinski definition) is 6. The van der Waals surface area contributed by atoms with Crippen LogP contribution in [0.2, 0.25) is 0 Å². The number of carboxylic acid groups (broad SMARTS) is 1. The molecule has 0 atom stereocenters. The number of benzene rings is 2. The van der Waals surface area contributed by atoms with Gasteiger partial charge in [-0.3, -0.25) is 19.7 Å². The molecular weight excluding hydrogens is 587 g/mol. The van der Waals surface area contributed by atoms with Gasteiger partial charge in [0.1, 0.15) is 23.9 Å². The molecule has 0 fully saturated rings. The maximum absolute atomic E-state index is 14.4. The number of aromatic nitrogens is 4. The van der Waals surface area contributed by atoms with E-state index in [1.165, 1.54) is 6.07 Å². The minimum atomic E-state index is -0.912. The zero-order valence-electron chi connectivity index (χ0n) is 26.4. The average Bonchev–Trinajstić information content (AvgIpc) is 3.29. The van der Waals surface area contributed by atoms with Gasteiger partial charge < -0.3 is 14.4 Å². The van der Waals surface area contributed by atoms with Crippen LogP contribution in [0, 0.1) is 11.2 Å². The van der Waals surface area contributed by atoms with E-state index >= 15 is 0 Å². The summed E-state index contributed by atoms with van der Waals surface area (Å²) in [7, 11) is 0. The predicted molar refractivity (Wildman–Crippen MR) is 177 cm³/mol. The van der Waals surface area contributed by atoms with Gasteiger partial charge >= 0.3 is 5.97 Å². The highest BCUT2D eigenvalue weighted by molar-refractivity contribution is 8.00. The van der Waals surface area contributed by atoms with Gasteiger partial charge in [-0.05, 0) is 48.7 Å². The number of pyridine rings is 1. The lowest BCUT2D eigenvalue weighted by Gasteiger charge is -2.29. The molecule has 0 aliphatic carbocycles. The van der Waals surface area contributed by atoms with Gasteiger partial charge in [-0.15, -0.1) is 11.8 Å². The summed E-state index contributed by atoms with van der Waals surface area (Å²) in [5.41, 5.74) is 3.82. The van der Waals surface area contributed by atoms with Crippen LogP contribution in [0.5, 0.6) is 5.75 Å². The van der Waals surface area contributed by atoms with Gasteiger partial charge in [0.25, 0.3) is 0 Å². The Morgan fingerprint density at radius 1 is 1.00 bits per heavy atom. The van der Waals surface area contributed by atoms with Crippen molar-refractivity contribution in [2.75, 3.05) is 0 Å². The third-order valence-corrected chi connectivity index (χ3v) is 9.41. The first-order valence-electron chi connectivity index (χ1n) is 15.2. The molecule has 0 spiro atoms. The highest BCUT2D eigenvalue weighted by Crippen LogP contribution is 2.45. The summed E-state index contributed by atoms with van der Waals surface area (Å²) in [4.78, 5) is 26.5. The number of rotatable bonds is 12. The second-order valence-corrected chi connectivity index (χ2v) is 14.1. The van der Waals surface area contributed by atoms with Crippen LogP contribution in [0.15, 0.2) is 84.3 Å². The molecule has 0 aliphatic heterocycles. The SMILES string of the molecule is CCC(CC)(Cc1c(SC(C)(C)C)c2cc(OCc3cnccn3)ccc2n1Cc1ccc(-c2ncccc2F)cc1)C(=O)O. The van der Waals surface area contributed by atoms with E-state index in [-0.39, 0.29) is 17.2 Å². The number of carbonyl (C=O) groups is 1. The van der Waals surface area contributed by atoms with Gasteiger partial charge in [0.05, 0.1) is 17.3 Å². The van der Waals surface area contributed by atoms with Crippen LogP contribution >= 0.6 is 11.8 Å². The first kappa shape index (κ1) is 32.2. The van der Waals surface area contributed by atoms with Crippen molar-refractivity contribution in [1.29, 1.82) is 0 Å². The predicted octanol–water partition coefficient (Wildman–Crippen LogP) is 8.58. The Kier molecular flexibility index (Phi) is 9.58. The van der Waals surface area contributed by atoms with Crippen molar-refractivity contribution < 1.29 is 19.0 Å². The Morgan fingerprint density at radius 2 is 1.76 bits per heavy atom. The first-order valence-corrected chi connectivity index (χ1v) is 16.0. The molecule has 5 aromatic rings. The average molecular weight is 627 g/mol. The van der Waals surface area contributed by atoms with Gasteiger partial charge in [-0.25, -0.2) is 4.39 Å². The molecule has 3 heterocycles. The molecule has 2 aromatic carbocycles. The molecule has 0 bridgehead atoms. The summed E-state index contributed by atoms with van der Waals surface area (Å²) in [5, 5.41) is 11.5. The van der Waals surface area contributed by atoms with Crippen LogP contribution in [0.3, 0.4) is 0 Å². The topological polar surface area (TPSA) is 90.1 Å². The monoisotopic (exact) mass is 626 g/mol. The fourth-order valence-electron chi connectivity index (χ4n) is 5.53. The molecule has 1 N–H and O–H groups in total. The van der Waals surface area contributed by atoms with Crippen molar-refractivity contribution >= 4 is 28.6 Å². The van der Waals surface area contributed by atoms with Crippen LogP contribution in [-0.4, -0.2) is 35.3 Å². The second-order valence-electron chi connectivity index (χ2n) is 12.2. The van der Waals surface area contributed by atoms with E-state index in [0.717, 1.165) is 32.7 Å². The fourth-order valence-corrected chi connectivity index (χ4v) is 6.72. The lowest BCUT2D eigenvalue weighted by Crippen LogP contribution is -2.33. The molecule has 9 heteroatoms. The summed E-state index contributed by atoms with van der Waals surface area (Å²) in [5.74, 6) is -0.454. The van der Waals surface area contributed by atoms with Gasteiger partial charge in [0.2, 0.25) is 0 Å². The second kappa shape index (κ2) is 13.4. The lowest BCUT2D eigenvalue weighted by atomic mass is 9.78. The maximum atomic E-state index is 14.4. The summed E-state index contributed by atoms with van der Waals surface area (Å²) >= 11 is 1.74. The van der Waals surface area contributed by atoms with E-state index in [1.807, 2.05) is 50.2 Å². The molecular formula is C36H39FN4O3S. The van der Waals surface area contributed by atoms with Crippen LogP contribution in [0.25, 0.3) is 22.2 Å². The Balaban J connectivity index is 1.63. The summed E-state index contributed by atoms with van der Waals surface area (Å²) in [6.07, 6.45) is 7.94. The molecule has 0 saturated heterocycles. The largest absolute Gasteiger partial charge is 0.487 e. The molecule has 0 saturated carbocycles. The van der Waals surface area contributed by atoms with Gasteiger partial charge in [0.15, 0.2) is 0 Å². The van der Waals surface area contributed by atoms with Crippen LogP contribution in [0.1, 0.15) is 64.4 Å². The molecule has 5 rings (SSSR count). The van der Waals surface area contributed by atoms with E-state index in [4.69, 9.17) is 4.74 Å². The van der Waals surface area contributed by atoms with Crippen LogP contribution < -0.4 is 4.74 Å².